The van der Waals surface area contributed by atoms with Gasteiger partial charge in [0.25, 0.3) is 0 Å². The lowest BCUT2D eigenvalue weighted by molar-refractivity contribution is 0.574. The van der Waals surface area contributed by atoms with Crippen LogP contribution in [0, 0.1) is 13.8 Å². The first-order chi connectivity index (χ1) is 7.91. The van der Waals surface area contributed by atoms with Crippen molar-refractivity contribution in [1.29, 1.82) is 0 Å². The summed E-state index contributed by atoms with van der Waals surface area (Å²) in [5, 5.41) is 1.27. The van der Waals surface area contributed by atoms with Gasteiger partial charge < -0.3 is 4.42 Å². The van der Waals surface area contributed by atoms with E-state index in [1.165, 1.54) is 22.1 Å². The molecule has 2 aromatic rings. The van der Waals surface area contributed by atoms with Gasteiger partial charge in [0.05, 0.1) is 0 Å². The summed E-state index contributed by atoms with van der Waals surface area (Å²) in [6.45, 7) is 13.2. The first-order valence-electron chi connectivity index (χ1n) is 6.45. The fraction of sp³-hybridized carbons (Fsp3) is 0.500. The van der Waals surface area contributed by atoms with Crippen LogP contribution in [0.2, 0.25) is 0 Å². The van der Waals surface area contributed by atoms with Crippen LogP contribution in [0.4, 0.5) is 0 Å². The summed E-state index contributed by atoms with van der Waals surface area (Å²) in [6, 6.07) is 4.55. The third kappa shape index (κ3) is 1.99. The van der Waals surface area contributed by atoms with Crippen LogP contribution in [0.15, 0.2) is 16.5 Å². The van der Waals surface area contributed by atoms with Gasteiger partial charge in [-0.25, -0.2) is 0 Å². The molecule has 1 aromatic heterocycles. The monoisotopic (exact) mass is 230 g/mol. The van der Waals surface area contributed by atoms with Gasteiger partial charge in [-0.15, -0.1) is 0 Å². The van der Waals surface area contributed by atoms with E-state index >= 15 is 0 Å². The number of hydrogen-bond donors (Lipinski definition) is 0. The average molecular weight is 230 g/mol. The Hall–Kier alpha value is -1.24. The molecule has 0 radical (unpaired) electrons. The van der Waals surface area contributed by atoms with Crippen LogP contribution < -0.4 is 0 Å². The van der Waals surface area contributed by atoms with Crippen LogP contribution in [0.3, 0.4) is 0 Å². The summed E-state index contributed by atoms with van der Waals surface area (Å²) in [4.78, 5) is 0. The van der Waals surface area contributed by atoms with E-state index < -0.39 is 0 Å². The molecule has 1 heteroatoms. The lowest BCUT2D eigenvalue weighted by Crippen LogP contribution is -1.98. The van der Waals surface area contributed by atoms with Crippen molar-refractivity contribution < 1.29 is 4.42 Å². The SMILES string of the molecule is Cc1oc2cc(C(C)C)c(C(C)C)cc2c1C. The molecule has 0 bridgehead atoms. The predicted molar refractivity (Wildman–Crippen MR) is 73.9 cm³/mol. The molecule has 0 fully saturated rings. The molecule has 0 spiro atoms. The Balaban J connectivity index is 2.77. The first kappa shape index (κ1) is 12.2. The number of rotatable bonds is 2. The minimum absolute atomic E-state index is 0.544. The highest BCUT2D eigenvalue weighted by Gasteiger charge is 2.15. The summed E-state index contributed by atoms with van der Waals surface area (Å²) >= 11 is 0. The maximum atomic E-state index is 5.82. The molecule has 0 aliphatic rings. The maximum Gasteiger partial charge on any atom is 0.134 e. The minimum atomic E-state index is 0.544. The van der Waals surface area contributed by atoms with Gasteiger partial charge in [0.2, 0.25) is 0 Å². The summed E-state index contributed by atoms with van der Waals surface area (Å²) in [5.41, 5.74) is 5.18. The van der Waals surface area contributed by atoms with Crippen LogP contribution in [0.25, 0.3) is 11.0 Å². The molecular formula is C16H22O. The normalized spacial score (nSPS) is 12.0. The number of fused-ring (bicyclic) bond motifs is 1. The quantitative estimate of drug-likeness (QED) is 0.682. The van der Waals surface area contributed by atoms with Gasteiger partial charge in [0.1, 0.15) is 11.3 Å². The molecule has 0 saturated heterocycles. The summed E-state index contributed by atoms with van der Waals surface area (Å²) in [5.74, 6) is 2.14. The fourth-order valence-electron chi connectivity index (χ4n) is 2.42. The van der Waals surface area contributed by atoms with Gasteiger partial charge in [0.15, 0.2) is 0 Å². The molecule has 0 N–H and O–H groups in total. The number of aryl methyl sites for hydroxylation is 2. The Labute approximate surface area is 104 Å². The van der Waals surface area contributed by atoms with Crippen LogP contribution >= 0.6 is 0 Å². The van der Waals surface area contributed by atoms with E-state index in [-0.39, 0.29) is 0 Å². The second-order valence-corrected chi connectivity index (χ2v) is 5.57. The maximum absolute atomic E-state index is 5.82. The van der Waals surface area contributed by atoms with E-state index in [0.717, 1.165) is 11.3 Å². The molecule has 0 saturated carbocycles. The van der Waals surface area contributed by atoms with Crippen LogP contribution in [-0.4, -0.2) is 0 Å². The molecular weight excluding hydrogens is 208 g/mol. The van der Waals surface area contributed by atoms with E-state index in [2.05, 4.69) is 46.8 Å². The number of furan rings is 1. The van der Waals surface area contributed by atoms with E-state index in [9.17, 15) is 0 Å². The lowest BCUT2D eigenvalue weighted by atomic mass is 9.89. The zero-order chi connectivity index (χ0) is 12.7. The third-order valence-corrected chi connectivity index (χ3v) is 3.62. The van der Waals surface area contributed by atoms with Crippen LogP contribution in [0.5, 0.6) is 0 Å². The van der Waals surface area contributed by atoms with Crippen molar-refractivity contribution in [3.63, 3.8) is 0 Å². The van der Waals surface area contributed by atoms with Crippen molar-refractivity contribution in [2.45, 2.75) is 53.4 Å². The molecule has 1 aromatic carbocycles. The molecule has 0 unspecified atom stereocenters. The standard InChI is InChI=1S/C16H22O/c1-9(2)13-7-15-11(5)12(6)17-16(15)8-14(13)10(3)4/h7-10H,1-6H3. The van der Waals surface area contributed by atoms with Crippen LogP contribution in [-0.2, 0) is 0 Å². The van der Waals surface area contributed by atoms with Crippen molar-refractivity contribution in [2.75, 3.05) is 0 Å². The van der Waals surface area contributed by atoms with Gasteiger partial charge in [-0.1, -0.05) is 27.7 Å². The van der Waals surface area contributed by atoms with Crippen molar-refractivity contribution in [2.24, 2.45) is 0 Å². The van der Waals surface area contributed by atoms with Crippen molar-refractivity contribution in [1.82, 2.24) is 0 Å². The van der Waals surface area contributed by atoms with Gasteiger partial charge in [-0.2, -0.15) is 0 Å². The number of benzene rings is 1. The second-order valence-electron chi connectivity index (χ2n) is 5.57. The number of hydrogen-bond acceptors (Lipinski definition) is 1. The average Bonchev–Trinajstić information content (AvgIpc) is 2.53. The Morgan fingerprint density at radius 1 is 0.882 bits per heavy atom. The minimum Gasteiger partial charge on any atom is -0.461 e. The van der Waals surface area contributed by atoms with Crippen LogP contribution in [0.1, 0.15) is 62.0 Å². The summed E-state index contributed by atoms with van der Waals surface area (Å²) < 4.78 is 5.82. The smallest absolute Gasteiger partial charge is 0.134 e. The van der Waals surface area contributed by atoms with Gasteiger partial charge in [0, 0.05) is 5.39 Å². The third-order valence-electron chi connectivity index (χ3n) is 3.62. The lowest BCUT2D eigenvalue weighted by Gasteiger charge is -2.15. The second kappa shape index (κ2) is 4.21. The Bertz CT molecular complexity index is 544. The predicted octanol–water partition coefficient (Wildman–Crippen LogP) is 5.30. The van der Waals surface area contributed by atoms with Crippen molar-refractivity contribution >= 4 is 11.0 Å². The molecule has 0 aliphatic heterocycles. The Morgan fingerprint density at radius 3 is 1.94 bits per heavy atom. The molecule has 1 heterocycles. The highest BCUT2D eigenvalue weighted by molar-refractivity contribution is 5.84. The first-order valence-corrected chi connectivity index (χ1v) is 6.45. The topological polar surface area (TPSA) is 13.1 Å². The van der Waals surface area contributed by atoms with E-state index in [1.54, 1.807) is 0 Å². The largest absolute Gasteiger partial charge is 0.461 e. The Kier molecular flexibility index (Phi) is 3.03. The Morgan fingerprint density at radius 2 is 1.41 bits per heavy atom. The molecule has 17 heavy (non-hydrogen) atoms. The summed E-state index contributed by atoms with van der Waals surface area (Å²) in [6.07, 6.45) is 0. The summed E-state index contributed by atoms with van der Waals surface area (Å²) in [7, 11) is 0. The molecule has 0 aliphatic carbocycles. The fourth-order valence-corrected chi connectivity index (χ4v) is 2.42. The van der Waals surface area contributed by atoms with Crippen molar-refractivity contribution in [3.8, 4) is 0 Å². The zero-order valence-corrected chi connectivity index (χ0v) is 11.7. The highest BCUT2D eigenvalue weighted by atomic mass is 16.3. The van der Waals surface area contributed by atoms with Gasteiger partial charge in [-0.05, 0) is 54.5 Å². The molecule has 0 amide bonds. The molecule has 1 nitrogen and oxygen atoms in total. The molecule has 2 rings (SSSR count). The van der Waals surface area contributed by atoms with E-state index in [4.69, 9.17) is 4.42 Å². The zero-order valence-electron chi connectivity index (χ0n) is 11.7. The van der Waals surface area contributed by atoms with E-state index in [0.29, 0.717) is 11.8 Å². The van der Waals surface area contributed by atoms with Crippen molar-refractivity contribution in [3.05, 3.63) is 34.6 Å². The molecule has 0 atom stereocenters. The highest BCUT2D eigenvalue weighted by Crippen LogP contribution is 2.34. The molecule has 92 valence electrons. The van der Waals surface area contributed by atoms with E-state index in [1.807, 2.05) is 6.92 Å². The van der Waals surface area contributed by atoms with Gasteiger partial charge >= 0.3 is 0 Å². The van der Waals surface area contributed by atoms with Gasteiger partial charge in [-0.3, -0.25) is 0 Å².